The number of hydrogen-bond acceptors (Lipinski definition) is 4. The number of amides is 2. The van der Waals surface area contributed by atoms with Crippen LogP contribution in [0.25, 0.3) is 0 Å². The first-order valence-electron chi connectivity index (χ1n) is 12.4. The molecule has 0 bridgehead atoms. The van der Waals surface area contributed by atoms with E-state index in [0.717, 1.165) is 34.9 Å². The van der Waals surface area contributed by atoms with Gasteiger partial charge in [-0.05, 0) is 42.5 Å². The second kappa shape index (κ2) is 10.5. The Bertz CT molecular complexity index is 1130. The van der Waals surface area contributed by atoms with Gasteiger partial charge in [-0.3, -0.25) is 0 Å². The Hall–Kier alpha value is -2.99. The number of carbonyl (C=O) groups is 1. The highest BCUT2D eigenvalue weighted by atomic mass is 32.1. The molecule has 2 atom stereocenters. The van der Waals surface area contributed by atoms with Crippen molar-refractivity contribution in [3.8, 4) is 0 Å². The highest BCUT2D eigenvalue weighted by molar-refractivity contribution is 7.09. The van der Waals surface area contributed by atoms with Crippen LogP contribution in [0.15, 0.2) is 65.0 Å². The number of nitrogens with one attached hydrogen (secondary N) is 2. The van der Waals surface area contributed by atoms with E-state index < -0.39 is 0 Å². The molecule has 1 fully saturated rings. The lowest BCUT2D eigenvalue weighted by Crippen LogP contribution is -2.39. The topological polar surface area (TPSA) is 66.4 Å². The Balaban J connectivity index is 1.37. The van der Waals surface area contributed by atoms with Gasteiger partial charge in [-0.25, -0.2) is 14.8 Å². The Morgan fingerprint density at radius 2 is 1.79 bits per heavy atom. The van der Waals surface area contributed by atoms with Crippen molar-refractivity contribution in [1.82, 2.24) is 10.3 Å². The zero-order valence-electron chi connectivity index (χ0n) is 19.7. The summed E-state index contributed by atoms with van der Waals surface area (Å²) in [7, 11) is 0. The van der Waals surface area contributed by atoms with Crippen LogP contribution in [0.1, 0.15) is 85.2 Å². The minimum atomic E-state index is -0.256. The van der Waals surface area contributed by atoms with Crippen molar-refractivity contribution in [2.24, 2.45) is 4.99 Å². The minimum Gasteiger partial charge on any atom is -0.381 e. The van der Waals surface area contributed by atoms with E-state index in [4.69, 9.17) is 4.98 Å². The zero-order valence-corrected chi connectivity index (χ0v) is 20.5. The van der Waals surface area contributed by atoms with Crippen LogP contribution >= 0.6 is 11.3 Å². The average molecular weight is 473 g/mol. The largest absolute Gasteiger partial charge is 0.381 e. The number of aliphatic imine (C=N–C) groups is 1. The fourth-order valence-electron chi connectivity index (χ4n) is 5.14. The molecular weight excluding hydrogens is 440 g/mol. The summed E-state index contributed by atoms with van der Waals surface area (Å²) in [5.74, 6) is 0.556. The SMILES string of the molecule is CCC1=NC(=O)NC(c2ccc(NCc3ccccc3)cc2)C1c1nc(C2CCCCC2)cs1. The van der Waals surface area contributed by atoms with E-state index in [1.807, 2.05) is 6.07 Å². The molecule has 5 nitrogen and oxygen atoms in total. The van der Waals surface area contributed by atoms with Gasteiger partial charge < -0.3 is 10.6 Å². The van der Waals surface area contributed by atoms with Crippen molar-refractivity contribution < 1.29 is 4.79 Å². The maximum Gasteiger partial charge on any atom is 0.341 e. The van der Waals surface area contributed by atoms with Crippen LogP contribution in [0, 0.1) is 0 Å². The molecule has 3 aromatic rings. The average Bonchev–Trinajstić information content (AvgIpc) is 3.38. The van der Waals surface area contributed by atoms with Crippen molar-refractivity contribution in [1.29, 1.82) is 0 Å². The molecule has 1 saturated carbocycles. The molecule has 2 heterocycles. The van der Waals surface area contributed by atoms with E-state index in [-0.39, 0.29) is 18.0 Å². The Morgan fingerprint density at radius 3 is 2.53 bits per heavy atom. The van der Waals surface area contributed by atoms with Crippen molar-refractivity contribution in [2.75, 3.05) is 5.32 Å². The second-order valence-corrected chi connectivity index (χ2v) is 10.2. The molecule has 1 aromatic heterocycles. The van der Waals surface area contributed by atoms with Crippen LogP contribution in [0.4, 0.5) is 10.5 Å². The van der Waals surface area contributed by atoms with Gasteiger partial charge in [-0.1, -0.05) is 68.7 Å². The molecule has 0 radical (unpaired) electrons. The van der Waals surface area contributed by atoms with Crippen molar-refractivity contribution in [3.05, 3.63) is 81.8 Å². The number of nitrogens with zero attached hydrogens (tertiary/aromatic N) is 2. The number of aromatic nitrogens is 1. The van der Waals surface area contributed by atoms with Crippen LogP contribution in [-0.2, 0) is 6.54 Å². The quantitative estimate of drug-likeness (QED) is 0.382. The van der Waals surface area contributed by atoms with Crippen molar-refractivity contribution in [2.45, 2.75) is 69.9 Å². The lowest BCUT2D eigenvalue weighted by molar-refractivity contribution is 0.242. The first-order chi connectivity index (χ1) is 16.7. The first kappa shape index (κ1) is 22.8. The number of urea groups is 1. The van der Waals surface area contributed by atoms with E-state index in [9.17, 15) is 4.79 Å². The molecule has 1 aliphatic heterocycles. The molecule has 2 unspecified atom stereocenters. The molecule has 6 heteroatoms. The normalized spacial score (nSPS) is 21.1. The molecule has 5 rings (SSSR count). The summed E-state index contributed by atoms with van der Waals surface area (Å²) in [4.78, 5) is 21.9. The fourth-order valence-corrected chi connectivity index (χ4v) is 6.20. The van der Waals surface area contributed by atoms with Crippen LogP contribution < -0.4 is 10.6 Å². The van der Waals surface area contributed by atoms with Gasteiger partial charge in [-0.15, -0.1) is 11.3 Å². The molecular formula is C28H32N4OS. The van der Waals surface area contributed by atoms with Gasteiger partial charge in [0.15, 0.2) is 0 Å². The number of rotatable bonds is 7. The number of thiazole rings is 1. The predicted molar refractivity (Wildman–Crippen MR) is 140 cm³/mol. The molecule has 2 aliphatic rings. The number of benzene rings is 2. The standard InChI is InChI=1S/C28H32N4OS/c1-2-23-25(27-30-24(18-34-27)20-11-7-4-8-12-20)26(32-28(33)31-23)21-13-15-22(16-14-21)29-17-19-9-5-3-6-10-19/h3,5-6,9-10,13-16,18,20,25-26,29H,2,4,7-8,11-12,17H2,1H3,(H,32,33). The lowest BCUT2D eigenvalue weighted by Gasteiger charge is -2.31. The predicted octanol–water partition coefficient (Wildman–Crippen LogP) is 7.20. The smallest absolute Gasteiger partial charge is 0.341 e. The molecule has 176 valence electrons. The van der Waals surface area contributed by atoms with Crippen LogP contribution in [-0.4, -0.2) is 16.7 Å². The van der Waals surface area contributed by atoms with E-state index in [2.05, 4.69) is 76.5 Å². The van der Waals surface area contributed by atoms with Crippen molar-refractivity contribution in [3.63, 3.8) is 0 Å². The van der Waals surface area contributed by atoms with E-state index >= 15 is 0 Å². The lowest BCUT2D eigenvalue weighted by atomic mass is 9.86. The summed E-state index contributed by atoms with van der Waals surface area (Å²) in [5, 5.41) is 9.92. The van der Waals surface area contributed by atoms with Crippen LogP contribution in [0.3, 0.4) is 0 Å². The zero-order chi connectivity index (χ0) is 23.3. The van der Waals surface area contributed by atoms with Crippen LogP contribution in [0.5, 0.6) is 0 Å². The summed E-state index contributed by atoms with van der Waals surface area (Å²) in [6, 6.07) is 18.4. The molecule has 2 amide bonds. The molecule has 1 aliphatic carbocycles. The van der Waals surface area contributed by atoms with Crippen LogP contribution in [0.2, 0.25) is 0 Å². The highest BCUT2D eigenvalue weighted by Gasteiger charge is 2.36. The number of carbonyl (C=O) groups excluding carboxylic acids is 1. The second-order valence-electron chi connectivity index (χ2n) is 9.27. The number of hydrogen-bond donors (Lipinski definition) is 2. The van der Waals surface area contributed by atoms with Gasteiger partial charge in [0, 0.05) is 29.2 Å². The van der Waals surface area contributed by atoms with E-state index in [1.165, 1.54) is 43.4 Å². The monoisotopic (exact) mass is 472 g/mol. The summed E-state index contributed by atoms with van der Waals surface area (Å²) in [6.07, 6.45) is 7.15. The summed E-state index contributed by atoms with van der Waals surface area (Å²) >= 11 is 1.72. The molecule has 34 heavy (non-hydrogen) atoms. The van der Waals surface area contributed by atoms with Gasteiger partial charge in [-0.2, -0.15) is 0 Å². The van der Waals surface area contributed by atoms with Gasteiger partial charge in [0.25, 0.3) is 0 Å². The van der Waals surface area contributed by atoms with E-state index in [1.54, 1.807) is 11.3 Å². The van der Waals surface area contributed by atoms with Crippen molar-refractivity contribution >= 4 is 28.8 Å². The maximum absolute atomic E-state index is 12.4. The van der Waals surface area contributed by atoms with Gasteiger partial charge in [0.05, 0.1) is 17.7 Å². The molecule has 2 N–H and O–H groups in total. The third-order valence-electron chi connectivity index (χ3n) is 7.02. The summed E-state index contributed by atoms with van der Waals surface area (Å²) in [5.41, 5.74) is 5.53. The summed E-state index contributed by atoms with van der Waals surface area (Å²) in [6.45, 7) is 2.85. The van der Waals surface area contributed by atoms with Gasteiger partial charge in [0.1, 0.15) is 5.01 Å². The highest BCUT2D eigenvalue weighted by Crippen LogP contribution is 2.40. The molecule has 0 spiro atoms. The van der Waals surface area contributed by atoms with E-state index in [0.29, 0.717) is 5.92 Å². The van der Waals surface area contributed by atoms with Gasteiger partial charge in [0.2, 0.25) is 0 Å². The Morgan fingerprint density at radius 1 is 1.03 bits per heavy atom. The first-order valence-corrected chi connectivity index (χ1v) is 13.3. The third kappa shape index (κ3) is 5.07. The Labute approximate surface area is 205 Å². The maximum atomic E-state index is 12.4. The van der Waals surface area contributed by atoms with Gasteiger partial charge >= 0.3 is 6.03 Å². The minimum absolute atomic E-state index is 0.0202. The molecule has 0 saturated heterocycles. The fraction of sp³-hybridized carbons (Fsp3) is 0.393. The molecule has 2 aromatic carbocycles. The number of anilines is 1. The summed E-state index contributed by atoms with van der Waals surface area (Å²) < 4.78 is 0. The third-order valence-corrected chi connectivity index (χ3v) is 7.96. The Kier molecular flexibility index (Phi) is 7.05.